The van der Waals surface area contributed by atoms with Gasteiger partial charge < -0.3 is 5.01 Å². The van der Waals surface area contributed by atoms with Crippen LogP contribution in [-0.2, 0) is 0 Å². The molecule has 0 amide bonds. The Morgan fingerprint density at radius 2 is 2.20 bits per heavy atom. The molecule has 0 aromatic carbocycles. The van der Waals surface area contributed by atoms with Gasteiger partial charge in [0.2, 0.25) is 0 Å². The Bertz CT molecular complexity index is 161. The molecule has 0 bridgehead atoms. The molecule has 0 spiro atoms. The summed E-state index contributed by atoms with van der Waals surface area (Å²) in [5, 5.41) is 0.917. The molecule has 0 atom stereocenters. The first-order valence-corrected chi connectivity index (χ1v) is 2.67. The maximum absolute atomic E-state index is 11.8. The van der Waals surface area contributed by atoms with Crippen molar-refractivity contribution in [3.05, 3.63) is 11.8 Å². The smallest absolute Gasteiger partial charge is 0.307 e. The molecule has 1 aliphatic heterocycles. The highest BCUT2D eigenvalue weighted by Crippen LogP contribution is 2.27. The van der Waals surface area contributed by atoms with Gasteiger partial charge in [0.15, 0.2) is 0 Å². The van der Waals surface area contributed by atoms with Gasteiger partial charge in [0.1, 0.15) is 5.70 Å². The van der Waals surface area contributed by atoms with E-state index in [2.05, 4.69) is 11.5 Å². The molecule has 0 saturated carbocycles. The quantitative estimate of drug-likeness (QED) is 0.547. The van der Waals surface area contributed by atoms with Crippen LogP contribution in [0, 0.1) is 6.08 Å². The maximum atomic E-state index is 11.8. The summed E-state index contributed by atoms with van der Waals surface area (Å²) in [6.07, 6.45) is -2.13. The van der Waals surface area contributed by atoms with Crippen LogP contribution in [0.25, 0.3) is 0 Å². The van der Waals surface area contributed by atoms with Crippen LogP contribution >= 0.6 is 0 Å². The second-order valence-corrected chi connectivity index (χ2v) is 1.92. The lowest BCUT2D eigenvalue weighted by molar-refractivity contribution is -0.110. The van der Waals surface area contributed by atoms with Gasteiger partial charge in [0.05, 0.1) is 0 Å². The number of hydrogen-bond donors (Lipinski definition) is 1. The molecule has 0 fully saturated rings. The molecule has 1 radical (unpaired) electrons. The number of alkyl halides is 3. The molecule has 0 aliphatic carbocycles. The van der Waals surface area contributed by atoms with E-state index in [9.17, 15) is 13.2 Å². The fourth-order valence-corrected chi connectivity index (χ4v) is 0.730. The van der Waals surface area contributed by atoms with E-state index < -0.39 is 11.9 Å². The molecule has 0 saturated heterocycles. The van der Waals surface area contributed by atoms with Gasteiger partial charge in [-0.25, -0.2) is 5.43 Å². The van der Waals surface area contributed by atoms with Crippen LogP contribution < -0.4 is 5.43 Å². The Morgan fingerprint density at radius 3 is 2.40 bits per heavy atom. The molecule has 1 N–H and O–H groups in total. The van der Waals surface area contributed by atoms with Gasteiger partial charge in [-0.1, -0.05) is 0 Å². The van der Waals surface area contributed by atoms with Crippen LogP contribution in [0.1, 0.15) is 0 Å². The topological polar surface area (TPSA) is 15.3 Å². The zero-order valence-corrected chi connectivity index (χ0v) is 5.29. The lowest BCUT2D eigenvalue weighted by atomic mass is 10.4. The first-order valence-electron chi connectivity index (χ1n) is 2.67. The Balaban J connectivity index is 2.72. The van der Waals surface area contributed by atoms with Crippen molar-refractivity contribution in [2.24, 2.45) is 0 Å². The van der Waals surface area contributed by atoms with Crippen LogP contribution in [-0.4, -0.2) is 24.8 Å². The van der Waals surface area contributed by atoms with E-state index in [0.29, 0.717) is 0 Å². The van der Waals surface area contributed by atoms with Crippen LogP contribution in [0.3, 0.4) is 0 Å². The summed E-state index contributed by atoms with van der Waals surface area (Å²) in [7, 11) is 1.31. The second kappa shape index (κ2) is 2.16. The second-order valence-electron chi connectivity index (χ2n) is 1.92. The third-order valence-corrected chi connectivity index (χ3v) is 1.18. The van der Waals surface area contributed by atoms with E-state index in [0.717, 1.165) is 5.01 Å². The van der Waals surface area contributed by atoms with Crippen molar-refractivity contribution in [1.82, 2.24) is 10.4 Å². The number of hydrazine groups is 1. The lowest BCUT2D eigenvalue weighted by Crippen LogP contribution is -2.33. The van der Waals surface area contributed by atoms with Crippen LogP contribution in [0.4, 0.5) is 13.2 Å². The van der Waals surface area contributed by atoms with E-state index in [-0.39, 0.29) is 6.54 Å². The minimum Gasteiger partial charge on any atom is -0.307 e. The van der Waals surface area contributed by atoms with E-state index in [1.807, 2.05) is 0 Å². The van der Waals surface area contributed by atoms with E-state index >= 15 is 0 Å². The number of nitrogens with one attached hydrogen (secondary N) is 1. The summed E-state index contributed by atoms with van der Waals surface area (Å²) in [6, 6.07) is 0. The maximum Gasteiger partial charge on any atom is 0.432 e. The molecular weight excluding hydrogens is 145 g/mol. The first-order chi connectivity index (χ1) is 4.52. The molecule has 10 heavy (non-hydrogen) atoms. The number of hydrogen-bond acceptors (Lipinski definition) is 2. The molecule has 0 aromatic rings. The minimum atomic E-state index is -4.28. The van der Waals surface area contributed by atoms with Crippen LogP contribution in [0.5, 0.6) is 0 Å². The minimum absolute atomic E-state index is 0.130. The van der Waals surface area contributed by atoms with Gasteiger partial charge in [-0.15, -0.1) is 0 Å². The molecular formula is C5H6F3N2. The number of halogens is 3. The third kappa shape index (κ3) is 1.23. The van der Waals surface area contributed by atoms with Gasteiger partial charge >= 0.3 is 6.18 Å². The average molecular weight is 151 g/mol. The van der Waals surface area contributed by atoms with Crippen molar-refractivity contribution in [2.45, 2.75) is 6.18 Å². The molecule has 0 unspecified atom stereocenters. The van der Waals surface area contributed by atoms with Crippen LogP contribution in [0.15, 0.2) is 5.70 Å². The summed E-state index contributed by atoms with van der Waals surface area (Å²) in [5.41, 5.74) is 1.70. The Hall–Kier alpha value is -0.710. The van der Waals surface area contributed by atoms with Crippen molar-refractivity contribution < 1.29 is 13.2 Å². The number of allylic oxidation sites excluding steroid dienone is 1. The van der Waals surface area contributed by atoms with E-state index in [1.165, 1.54) is 7.05 Å². The molecule has 1 aliphatic rings. The Labute approximate surface area is 56.3 Å². The van der Waals surface area contributed by atoms with E-state index in [1.54, 1.807) is 0 Å². The van der Waals surface area contributed by atoms with Gasteiger partial charge in [-0.2, -0.15) is 13.2 Å². The largest absolute Gasteiger partial charge is 0.432 e. The number of nitrogens with zero attached hydrogens (tertiary/aromatic N) is 1. The van der Waals surface area contributed by atoms with E-state index in [4.69, 9.17) is 0 Å². The standard InChI is InChI=1S/C5H6F3N2/c1-10-4(2-3-9-10)5(6,7)8/h9H,3H2,1H3. The lowest BCUT2D eigenvalue weighted by Gasteiger charge is -2.17. The highest BCUT2D eigenvalue weighted by molar-refractivity contribution is 5.06. The summed E-state index contributed by atoms with van der Waals surface area (Å²) in [4.78, 5) is 0. The SMILES string of the molecule is CN1NC[C]=C1C(F)(F)F. The molecule has 5 heteroatoms. The van der Waals surface area contributed by atoms with Crippen molar-refractivity contribution in [3.8, 4) is 0 Å². The monoisotopic (exact) mass is 151 g/mol. The fraction of sp³-hybridized carbons (Fsp3) is 0.600. The fourth-order valence-electron chi connectivity index (χ4n) is 0.730. The summed E-state index contributed by atoms with van der Waals surface area (Å²) in [5.74, 6) is 0. The zero-order chi connectivity index (χ0) is 7.78. The highest BCUT2D eigenvalue weighted by atomic mass is 19.4. The zero-order valence-electron chi connectivity index (χ0n) is 5.29. The molecule has 1 heterocycles. The normalized spacial score (nSPS) is 19.6. The Kier molecular flexibility index (Phi) is 1.60. The predicted octanol–water partition coefficient (Wildman–Crippen LogP) is 0.686. The third-order valence-electron chi connectivity index (χ3n) is 1.18. The molecule has 2 nitrogen and oxygen atoms in total. The summed E-state index contributed by atoms with van der Waals surface area (Å²) < 4.78 is 35.5. The van der Waals surface area contributed by atoms with Crippen molar-refractivity contribution in [2.75, 3.05) is 13.6 Å². The van der Waals surface area contributed by atoms with Gasteiger partial charge in [-0.05, 0) is 0 Å². The summed E-state index contributed by atoms with van der Waals surface area (Å²) >= 11 is 0. The van der Waals surface area contributed by atoms with Gasteiger partial charge in [0, 0.05) is 19.7 Å². The van der Waals surface area contributed by atoms with Crippen molar-refractivity contribution in [3.63, 3.8) is 0 Å². The Morgan fingerprint density at radius 1 is 1.60 bits per heavy atom. The molecule has 1 rings (SSSR count). The van der Waals surface area contributed by atoms with Gasteiger partial charge in [0.25, 0.3) is 0 Å². The first kappa shape index (κ1) is 7.40. The van der Waals surface area contributed by atoms with Crippen LogP contribution in [0.2, 0.25) is 0 Å². The summed E-state index contributed by atoms with van der Waals surface area (Å²) in [6.45, 7) is 0.130. The molecule has 57 valence electrons. The van der Waals surface area contributed by atoms with Crippen molar-refractivity contribution in [1.29, 1.82) is 0 Å². The molecule has 0 aromatic heterocycles. The van der Waals surface area contributed by atoms with Crippen molar-refractivity contribution >= 4 is 0 Å². The predicted molar refractivity (Wildman–Crippen MR) is 28.6 cm³/mol. The highest BCUT2D eigenvalue weighted by Gasteiger charge is 2.38. The number of rotatable bonds is 0. The van der Waals surface area contributed by atoms with Gasteiger partial charge in [-0.3, -0.25) is 0 Å². The average Bonchev–Trinajstić information content (AvgIpc) is 2.11.